The predicted molar refractivity (Wildman–Crippen MR) is 59.6 cm³/mol. The van der Waals surface area contributed by atoms with Crippen LogP contribution in [-0.2, 0) is 6.42 Å². The van der Waals surface area contributed by atoms with Gasteiger partial charge in [-0.2, -0.15) is 0 Å². The molecular weight excluding hydrogens is 190 g/mol. The first-order chi connectivity index (χ1) is 7.34. The Kier molecular flexibility index (Phi) is 2.88. The standard InChI is InChI=1S/C11H13N3O/c12-9-3-4-11(14-8-9)13-6-5-10-2-1-7-15-10/h1-4,7-8H,5-6,12H2,(H,13,14). The van der Waals surface area contributed by atoms with Crippen molar-refractivity contribution in [2.75, 3.05) is 17.6 Å². The quantitative estimate of drug-likeness (QED) is 0.796. The molecule has 0 radical (unpaired) electrons. The molecule has 78 valence electrons. The summed E-state index contributed by atoms with van der Waals surface area (Å²) in [4.78, 5) is 4.13. The first kappa shape index (κ1) is 9.58. The van der Waals surface area contributed by atoms with Crippen molar-refractivity contribution in [3.8, 4) is 0 Å². The van der Waals surface area contributed by atoms with E-state index in [1.165, 1.54) is 0 Å². The highest BCUT2D eigenvalue weighted by Gasteiger charge is 1.96. The number of nitrogen functional groups attached to an aromatic ring is 1. The van der Waals surface area contributed by atoms with Gasteiger partial charge in [0.1, 0.15) is 11.6 Å². The molecule has 2 heterocycles. The molecule has 2 aromatic heterocycles. The third-order valence-corrected chi connectivity index (χ3v) is 2.04. The van der Waals surface area contributed by atoms with E-state index in [0.29, 0.717) is 5.69 Å². The molecule has 0 fully saturated rings. The summed E-state index contributed by atoms with van der Waals surface area (Å²) in [6, 6.07) is 7.52. The summed E-state index contributed by atoms with van der Waals surface area (Å²) < 4.78 is 5.21. The second-order valence-electron chi connectivity index (χ2n) is 3.23. The summed E-state index contributed by atoms with van der Waals surface area (Å²) in [5.74, 6) is 1.80. The van der Waals surface area contributed by atoms with Gasteiger partial charge in [-0.1, -0.05) is 0 Å². The fourth-order valence-electron chi connectivity index (χ4n) is 1.28. The molecule has 0 saturated heterocycles. The lowest BCUT2D eigenvalue weighted by Crippen LogP contribution is -2.05. The van der Waals surface area contributed by atoms with Crippen LogP contribution in [0.1, 0.15) is 5.76 Å². The monoisotopic (exact) mass is 203 g/mol. The molecule has 0 amide bonds. The van der Waals surface area contributed by atoms with Crippen LogP contribution in [-0.4, -0.2) is 11.5 Å². The summed E-state index contributed by atoms with van der Waals surface area (Å²) in [6.45, 7) is 0.796. The SMILES string of the molecule is Nc1ccc(NCCc2ccco2)nc1. The van der Waals surface area contributed by atoms with Crippen molar-refractivity contribution in [2.24, 2.45) is 0 Å². The van der Waals surface area contributed by atoms with Crippen molar-refractivity contribution in [1.29, 1.82) is 0 Å². The minimum absolute atomic E-state index is 0.673. The zero-order valence-corrected chi connectivity index (χ0v) is 8.31. The van der Waals surface area contributed by atoms with E-state index < -0.39 is 0 Å². The molecule has 0 bridgehead atoms. The number of anilines is 2. The molecule has 0 aliphatic heterocycles. The molecule has 0 aliphatic rings. The number of hydrogen-bond donors (Lipinski definition) is 2. The van der Waals surface area contributed by atoms with Gasteiger partial charge in [0.25, 0.3) is 0 Å². The van der Waals surface area contributed by atoms with Crippen LogP contribution in [0.2, 0.25) is 0 Å². The van der Waals surface area contributed by atoms with Gasteiger partial charge in [0.05, 0.1) is 18.1 Å². The van der Waals surface area contributed by atoms with Crippen molar-refractivity contribution in [3.63, 3.8) is 0 Å². The fourth-order valence-corrected chi connectivity index (χ4v) is 1.28. The topological polar surface area (TPSA) is 64.1 Å². The number of nitrogens with two attached hydrogens (primary N) is 1. The Morgan fingerprint density at radius 3 is 2.93 bits per heavy atom. The molecule has 0 aromatic carbocycles. The summed E-state index contributed by atoms with van der Waals surface area (Å²) in [6.07, 6.45) is 4.16. The Bertz CT molecular complexity index is 394. The highest BCUT2D eigenvalue weighted by Crippen LogP contribution is 2.06. The first-order valence-corrected chi connectivity index (χ1v) is 4.82. The minimum atomic E-state index is 0.673. The zero-order chi connectivity index (χ0) is 10.5. The van der Waals surface area contributed by atoms with Crippen LogP contribution >= 0.6 is 0 Å². The van der Waals surface area contributed by atoms with Crippen molar-refractivity contribution < 1.29 is 4.42 Å². The Morgan fingerprint density at radius 1 is 1.33 bits per heavy atom. The van der Waals surface area contributed by atoms with Crippen molar-refractivity contribution in [3.05, 3.63) is 42.5 Å². The number of furan rings is 1. The number of nitrogens with zero attached hydrogens (tertiary/aromatic N) is 1. The fraction of sp³-hybridized carbons (Fsp3) is 0.182. The van der Waals surface area contributed by atoms with E-state index in [4.69, 9.17) is 10.2 Å². The van der Waals surface area contributed by atoms with Crippen molar-refractivity contribution in [1.82, 2.24) is 4.98 Å². The van der Waals surface area contributed by atoms with Gasteiger partial charge < -0.3 is 15.5 Å². The van der Waals surface area contributed by atoms with Gasteiger partial charge in [0, 0.05) is 13.0 Å². The second kappa shape index (κ2) is 4.50. The molecule has 2 aromatic rings. The van der Waals surface area contributed by atoms with E-state index in [9.17, 15) is 0 Å². The van der Waals surface area contributed by atoms with E-state index in [0.717, 1.165) is 24.5 Å². The van der Waals surface area contributed by atoms with Crippen LogP contribution in [0.25, 0.3) is 0 Å². The normalized spacial score (nSPS) is 10.1. The van der Waals surface area contributed by atoms with Crippen LogP contribution < -0.4 is 11.1 Å². The molecule has 0 aliphatic carbocycles. The smallest absolute Gasteiger partial charge is 0.126 e. The van der Waals surface area contributed by atoms with Crippen LogP contribution in [0, 0.1) is 0 Å². The number of aromatic nitrogens is 1. The van der Waals surface area contributed by atoms with Gasteiger partial charge in [-0.3, -0.25) is 0 Å². The molecule has 3 N–H and O–H groups in total. The molecular formula is C11H13N3O. The second-order valence-corrected chi connectivity index (χ2v) is 3.23. The molecule has 0 spiro atoms. The van der Waals surface area contributed by atoms with E-state index >= 15 is 0 Å². The maximum Gasteiger partial charge on any atom is 0.126 e. The zero-order valence-electron chi connectivity index (χ0n) is 8.31. The van der Waals surface area contributed by atoms with E-state index in [1.54, 1.807) is 12.5 Å². The lowest BCUT2D eigenvalue weighted by molar-refractivity contribution is 0.513. The minimum Gasteiger partial charge on any atom is -0.469 e. The lowest BCUT2D eigenvalue weighted by atomic mass is 10.3. The largest absolute Gasteiger partial charge is 0.469 e. The Balaban J connectivity index is 1.81. The Hall–Kier alpha value is -1.97. The van der Waals surface area contributed by atoms with Crippen molar-refractivity contribution in [2.45, 2.75) is 6.42 Å². The lowest BCUT2D eigenvalue weighted by Gasteiger charge is -2.03. The maximum atomic E-state index is 5.53. The summed E-state index contributed by atoms with van der Waals surface area (Å²) in [5.41, 5.74) is 6.20. The summed E-state index contributed by atoms with van der Waals surface area (Å²) in [5, 5.41) is 3.18. The number of pyridine rings is 1. The van der Waals surface area contributed by atoms with E-state index in [2.05, 4.69) is 10.3 Å². The third kappa shape index (κ3) is 2.74. The van der Waals surface area contributed by atoms with Gasteiger partial charge in [0.15, 0.2) is 0 Å². The highest BCUT2D eigenvalue weighted by atomic mass is 16.3. The van der Waals surface area contributed by atoms with Gasteiger partial charge in [-0.05, 0) is 24.3 Å². The highest BCUT2D eigenvalue weighted by molar-refractivity contribution is 5.43. The van der Waals surface area contributed by atoms with E-state index in [1.807, 2.05) is 24.3 Å². The van der Waals surface area contributed by atoms with Crippen LogP contribution in [0.5, 0.6) is 0 Å². The molecule has 15 heavy (non-hydrogen) atoms. The number of rotatable bonds is 4. The van der Waals surface area contributed by atoms with Crippen LogP contribution in [0.4, 0.5) is 11.5 Å². The molecule has 4 heteroatoms. The van der Waals surface area contributed by atoms with Gasteiger partial charge in [-0.25, -0.2) is 4.98 Å². The summed E-state index contributed by atoms with van der Waals surface area (Å²) in [7, 11) is 0. The van der Waals surface area contributed by atoms with Crippen LogP contribution in [0.15, 0.2) is 41.1 Å². The Labute approximate surface area is 88.1 Å². The first-order valence-electron chi connectivity index (χ1n) is 4.82. The third-order valence-electron chi connectivity index (χ3n) is 2.04. The number of nitrogens with one attached hydrogen (secondary N) is 1. The predicted octanol–water partition coefficient (Wildman–Crippen LogP) is 1.91. The number of hydrogen-bond acceptors (Lipinski definition) is 4. The molecule has 4 nitrogen and oxygen atoms in total. The molecule has 0 saturated carbocycles. The molecule has 2 rings (SSSR count). The Morgan fingerprint density at radius 2 is 2.27 bits per heavy atom. The van der Waals surface area contributed by atoms with Gasteiger partial charge in [-0.15, -0.1) is 0 Å². The molecule has 0 unspecified atom stereocenters. The van der Waals surface area contributed by atoms with E-state index in [-0.39, 0.29) is 0 Å². The summed E-state index contributed by atoms with van der Waals surface area (Å²) >= 11 is 0. The average Bonchev–Trinajstić information content (AvgIpc) is 2.74. The molecule has 0 atom stereocenters. The maximum absolute atomic E-state index is 5.53. The van der Waals surface area contributed by atoms with Crippen molar-refractivity contribution >= 4 is 11.5 Å². The van der Waals surface area contributed by atoms with Crippen LogP contribution in [0.3, 0.4) is 0 Å². The van der Waals surface area contributed by atoms with Gasteiger partial charge >= 0.3 is 0 Å². The average molecular weight is 203 g/mol. The van der Waals surface area contributed by atoms with Gasteiger partial charge in [0.2, 0.25) is 0 Å².